The zero-order valence-corrected chi connectivity index (χ0v) is 18.3. The highest BCUT2D eigenvalue weighted by Gasteiger charge is 2.25. The smallest absolute Gasteiger partial charge is 0.328 e. The van der Waals surface area contributed by atoms with E-state index in [9.17, 15) is 19.2 Å². The molecule has 0 aliphatic heterocycles. The fourth-order valence-corrected chi connectivity index (χ4v) is 2.63. The Morgan fingerprint density at radius 1 is 1.13 bits per heavy atom. The number of carbonyl (C=O) groups excluding carboxylic acids is 4. The van der Waals surface area contributed by atoms with Crippen LogP contribution in [-0.2, 0) is 24.5 Å². The summed E-state index contributed by atoms with van der Waals surface area (Å²) in [4.78, 5) is 49.4. The Labute approximate surface area is 177 Å². The van der Waals surface area contributed by atoms with Crippen LogP contribution in [0.1, 0.15) is 56.5 Å². The van der Waals surface area contributed by atoms with Gasteiger partial charge in [-0.2, -0.15) is 0 Å². The van der Waals surface area contributed by atoms with Gasteiger partial charge in [-0.25, -0.2) is 4.79 Å². The number of hydrogen-bond acceptors (Lipinski definition) is 5. The molecule has 0 bridgehead atoms. The fraction of sp³-hybridized carbons (Fsp3) is 0.545. The van der Waals surface area contributed by atoms with Crippen LogP contribution < -0.4 is 10.6 Å². The van der Waals surface area contributed by atoms with Crippen LogP contribution in [-0.4, -0.2) is 60.9 Å². The van der Waals surface area contributed by atoms with Crippen molar-refractivity contribution < 1.29 is 23.9 Å². The number of benzene rings is 1. The van der Waals surface area contributed by atoms with Crippen LogP contribution in [0.4, 0.5) is 0 Å². The van der Waals surface area contributed by atoms with Gasteiger partial charge in [-0.1, -0.05) is 32.9 Å². The Bertz CT molecular complexity index is 794. The van der Waals surface area contributed by atoms with Crippen molar-refractivity contribution in [3.8, 4) is 0 Å². The lowest BCUT2D eigenvalue weighted by atomic mass is 9.86. The van der Waals surface area contributed by atoms with Crippen molar-refractivity contribution in [2.75, 3.05) is 20.2 Å². The highest BCUT2D eigenvalue weighted by molar-refractivity contribution is 5.97. The van der Waals surface area contributed by atoms with Gasteiger partial charge < -0.3 is 20.3 Å². The number of carbonyl (C=O) groups is 4. The van der Waals surface area contributed by atoms with Crippen molar-refractivity contribution in [1.29, 1.82) is 0 Å². The Hall–Kier alpha value is -2.90. The molecule has 0 unspecified atom stereocenters. The quantitative estimate of drug-likeness (QED) is 0.622. The van der Waals surface area contributed by atoms with Crippen molar-refractivity contribution in [3.05, 3.63) is 35.4 Å². The first kappa shape index (κ1) is 23.4. The molecule has 0 saturated heterocycles. The lowest BCUT2D eigenvalue weighted by molar-refractivity contribution is -0.153. The molecule has 3 amide bonds. The topological polar surface area (TPSA) is 105 Å². The van der Waals surface area contributed by atoms with Crippen LogP contribution in [0.15, 0.2) is 24.3 Å². The lowest BCUT2D eigenvalue weighted by Crippen LogP contribution is -2.43. The third-order valence-corrected chi connectivity index (χ3v) is 4.80. The Kier molecular flexibility index (Phi) is 7.59. The fourth-order valence-electron chi connectivity index (χ4n) is 2.63. The van der Waals surface area contributed by atoms with E-state index in [1.807, 2.05) is 12.1 Å². The van der Waals surface area contributed by atoms with Crippen molar-refractivity contribution in [1.82, 2.24) is 15.5 Å². The van der Waals surface area contributed by atoms with Gasteiger partial charge in [0.25, 0.3) is 11.8 Å². The maximum atomic E-state index is 12.3. The second kappa shape index (κ2) is 9.73. The van der Waals surface area contributed by atoms with E-state index in [0.717, 1.165) is 18.4 Å². The molecule has 0 radical (unpaired) electrons. The second-order valence-corrected chi connectivity index (χ2v) is 8.72. The van der Waals surface area contributed by atoms with Crippen molar-refractivity contribution in [2.45, 2.75) is 58.0 Å². The van der Waals surface area contributed by atoms with Gasteiger partial charge in [0.1, 0.15) is 6.04 Å². The minimum atomic E-state index is -0.920. The molecular formula is C22H31N3O5. The number of hydrogen-bond donors (Lipinski definition) is 2. The molecule has 30 heavy (non-hydrogen) atoms. The molecule has 1 saturated carbocycles. The summed E-state index contributed by atoms with van der Waals surface area (Å²) >= 11 is 0. The van der Waals surface area contributed by atoms with Gasteiger partial charge >= 0.3 is 5.97 Å². The molecule has 2 rings (SSSR count). The van der Waals surface area contributed by atoms with Crippen LogP contribution in [0.5, 0.6) is 0 Å². The highest BCUT2D eigenvalue weighted by atomic mass is 16.5. The molecule has 2 N–H and O–H groups in total. The molecule has 1 fully saturated rings. The summed E-state index contributed by atoms with van der Waals surface area (Å²) in [6.45, 7) is 7.15. The molecule has 0 aromatic heterocycles. The summed E-state index contributed by atoms with van der Waals surface area (Å²) < 4.78 is 4.99. The first-order valence-electron chi connectivity index (χ1n) is 10.1. The lowest BCUT2D eigenvalue weighted by Gasteiger charge is -2.19. The number of likely N-dealkylation sites (N-methyl/N-ethyl adjacent to an activating group) is 1. The SMILES string of the molecule is C[C@H](NC(=O)c1ccc(C(C)(C)C)cc1)C(=O)OCC(=O)N(C)CC(=O)NC1CC1. The predicted octanol–water partition coefficient (Wildman–Crippen LogP) is 1.38. The van der Waals surface area contributed by atoms with E-state index in [4.69, 9.17) is 4.74 Å². The predicted molar refractivity (Wildman–Crippen MR) is 112 cm³/mol. The van der Waals surface area contributed by atoms with Crippen LogP contribution in [0.25, 0.3) is 0 Å². The van der Waals surface area contributed by atoms with E-state index in [-0.39, 0.29) is 23.9 Å². The van der Waals surface area contributed by atoms with Crippen molar-refractivity contribution in [2.24, 2.45) is 0 Å². The number of nitrogens with zero attached hydrogens (tertiary/aromatic N) is 1. The molecule has 164 valence electrons. The summed E-state index contributed by atoms with van der Waals surface area (Å²) in [6, 6.07) is 6.47. The molecule has 1 aliphatic rings. The Morgan fingerprint density at radius 2 is 1.73 bits per heavy atom. The molecule has 1 aromatic carbocycles. The number of esters is 1. The number of nitrogens with one attached hydrogen (secondary N) is 2. The molecule has 8 nitrogen and oxygen atoms in total. The van der Waals surface area contributed by atoms with E-state index >= 15 is 0 Å². The Morgan fingerprint density at radius 3 is 2.27 bits per heavy atom. The normalized spacial score (nSPS) is 14.4. The van der Waals surface area contributed by atoms with E-state index in [1.54, 1.807) is 12.1 Å². The van der Waals surface area contributed by atoms with Gasteiger partial charge in [0, 0.05) is 18.7 Å². The van der Waals surface area contributed by atoms with E-state index in [0.29, 0.717) is 5.56 Å². The largest absolute Gasteiger partial charge is 0.454 e. The average molecular weight is 418 g/mol. The summed E-state index contributed by atoms with van der Waals surface area (Å²) in [5, 5.41) is 5.35. The third kappa shape index (κ3) is 7.17. The van der Waals surface area contributed by atoms with Gasteiger partial charge in [-0.15, -0.1) is 0 Å². The number of amides is 3. The van der Waals surface area contributed by atoms with E-state index in [1.165, 1.54) is 18.9 Å². The molecule has 8 heteroatoms. The maximum absolute atomic E-state index is 12.3. The molecular weight excluding hydrogens is 386 g/mol. The van der Waals surface area contributed by atoms with Gasteiger partial charge in [-0.3, -0.25) is 14.4 Å². The van der Waals surface area contributed by atoms with Crippen LogP contribution >= 0.6 is 0 Å². The van der Waals surface area contributed by atoms with Gasteiger partial charge in [0.15, 0.2) is 6.61 Å². The monoisotopic (exact) mass is 417 g/mol. The number of ether oxygens (including phenoxy) is 1. The highest BCUT2D eigenvalue weighted by Crippen LogP contribution is 2.22. The molecule has 0 spiro atoms. The Balaban J connectivity index is 1.77. The van der Waals surface area contributed by atoms with Crippen molar-refractivity contribution >= 4 is 23.7 Å². The first-order chi connectivity index (χ1) is 14.0. The maximum Gasteiger partial charge on any atom is 0.328 e. The third-order valence-electron chi connectivity index (χ3n) is 4.80. The molecule has 1 aromatic rings. The first-order valence-corrected chi connectivity index (χ1v) is 10.1. The van der Waals surface area contributed by atoms with E-state index < -0.39 is 30.4 Å². The minimum Gasteiger partial charge on any atom is -0.454 e. The number of rotatable bonds is 8. The second-order valence-electron chi connectivity index (χ2n) is 8.72. The standard InChI is InChI=1S/C22H31N3O5/c1-14(23-20(28)15-6-8-16(9-7-15)22(2,3)4)21(29)30-13-19(27)25(5)12-18(26)24-17-10-11-17/h6-9,14,17H,10-13H2,1-5H3,(H,23,28)(H,24,26)/t14-/m0/s1. The molecule has 0 heterocycles. The summed E-state index contributed by atoms with van der Waals surface area (Å²) in [5.41, 5.74) is 1.50. The average Bonchev–Trinajstić information content (AvgIpc) is 3.48. The van der Waals surface area contributed by atoms with Crippen molar-refractivity contribution in [3.63, 3.8) is 0 Å². The van der Waals surface area contributed by atoms with Crippen LogP contribution in [0, 0.1) is 0 Å². The van der Waals surface area contributed by atoms with Gasteiger partial charge in [0.05, 0.1) is 6.54 Å². The zero-order chi connectivity index (χ0) is 22.5. The van der Waals surface area contributed by atoms with Crippen LogP contribution in [0.2, 0.25) is 0 Å². The zero-order valence-electron chi connectivity index (χ0n) is 18.3. The molecule has 1 aliphatic carbocycles. The summed E-state index contributed by atoms with van der Waals surface area (Å²) in [7, 11) is 1.47. The van der Waals surface area contributed by atoms with Gasteiger partial charge in [0.2, 0.25) is 5.91 Å². The summed E-state index contributed by atoms with van der Waals surface area (Å²) in [6.07, 6.45) is 1.93. The minimum absolute atomic E-state index is 0.0234. The summed E-state index contributed by atoms with van der Waals surface area (Å²) in [5.74, 6) is -1.86. The molecule has 1 atom stereocenters. The van der Waals surface area contributed by atoms with E-state index in [2.05, 4.69) is 31.4 Å². The van der Waals surface area contributed by atoms with Crippen LogP contribution in [0.3, 0.4) is 0 Å². The van der Waals surface area contributed by atoms with Gasteiger partial charge in [-0.05, 0) is 42.9 Å².